The van der Waals surface area contributed by atoms with Crippen LogP contribution in [0.25, 0.3) is 0 Å². The highest BCUT2D eigenvalue weighted by molar-refractivity contribution is 7.93. The van der Waals surface area contributed by atoms with Crippen LogP contribution in [-0.2, 0) is 16.4 Å². The molecule has 1 aromatic rings. The minimum atomic E-state index is -3.43. The van der Waals surface area contributed by atoms with E-state index in [2.05, 4.69) is 4.72 Å². The van der Waals surface area contributed by atoms with Gasteiger partial charge in [-0.05, 0) is 30.5 Å². The summed E-state index contributed by atoms with van der Waals surface area (Å²) in [7, 11) is -3.43. The number of sulfonamides is 1. The van der Waals surface area contributed by atoms with E-state index in [0.29, 0.717) is 18.5 Å². The number of hydrogen-bond donors (Lipinski definition) is 3. The fourth-order valence-corrected chi connectivity index (χ4v) is 2.95. The van der Waals surface area contributed by atoms with Gasteiger partial charge in [-0.2, -0.15) is 0 Å². The standard InChI is InChI=1S/C12H20N2O3S/c1-2-12(9-13)18(16,17)14-11-5-3-10(4-6-11)7-8-15/h3-6,12,14-15H,2,7-9,13H2,1H3. The van der Waals surface area contributed by atoms with E-state index in [1.54, 1.807) is 31.2 Å². The molecule has 0 aromatic heterocycles. The van der Waals surface area contributed by atoms with E-state index < -0.39 is 15.3 Å². The Morgan fingerprint density at radius 2 is 1.94 bits per heavy atom. The minimum absolute atomic E-state index is 0.0795. The van der Waals surface area contributed by atoms with E-state index in [1.165, 1.54) is 0 Å². The van der Waals surface area contributed by atoms with Gasteiger partial charge in [0.2, 0.25) is 10.0 Å². The summed E-state index contributed by atoms with van der Waals surface area (Å²) in [5, 5.41) is 8.21. The molecule has 102 valence electrons. The average molecular weight is 272 g/mol. The third-order valence-electron chi connectivity index (χ3n) is 2.77. The van der Waals surface area contributed by atoms with Gasteiger partial charge in [0.25, 0.3) is 0 Å². The van der Waals surface area contributed by atoms with E-state index in [0.717, 1.165) is 5.56 Å². The zero-order valence-electron chi connectivity index (χ0n) is 10.5. The van der Waals surface area contributed by atoms with Crippen molar-refractivity contribution in [2.24, 2.45) is 5.73 Å². The molecule has 0 aliphatic heterocycles. The Kier molecular flexibility index (Phi) is 5.58. The Bertz CT molecular complexity index is 453. The zero-order chi connectivity index (χ0) is 13.6. The molecule has 0 bridgehead atoms. The van der Waals surface area contributed by atoms with Crippen molar-refractivity contribution in [2.45, 2.75) is 25.0 Å². The molecule has 0 saturated carbocycles. The molecule has 1 aromatic carbocycles. The highest BCUT2D eigenvalue weighted by Crippen LogP contribution is 2.14. The van der Waals surface area contributed by atoms with Crippen molar-refractivity contribution in [1.29, 1.82) is 0 Å². The molecule has 0 heterocycles. The molecule has 4 N–H and O–H groups in total. The third-order valence-corrected chi connectivity index (χ3v) is 4.70. The topological polar surface area (TPSA) is 92.4 Å². The van der Waals surface area contributed by atoms with Gasteiger partial charge in [-0.15, -0.1) is 0 Å². The molecular formula is C12H20N2O3S. The van der Waals surface area contributed by atoms with Gasteiger partial charge in [0, 0.05) is 18.8 Å². The predicted octanol–water partition coefficient (Wildman–Crippen LogP) is 0.700. The first-order valence-corrected chi connectivity index (χ1v) is 7.49. The first-order valence-electron chi connectivity index (χ1n) is 5.95. The van der Waals surface area contributed by atoms with Crippen molar-refractivity contribution >= 4 is 15.7 Å². The van der Waals surface area contributed by atoms with Crippen LogP contribution in [0.2, 0.25) is 0 Å². The maximum atomic E-state index is 11.9. The summed E-state index contributed by atoms with van der Waals surface area (Å²) < 4.78 is 26.4. The Morgan fingerprint density at radius 3 is 2.39 bits per heavy atom. The van der Waals surface area contributed by atoms with Crippen molar-refractivity contribution in [2.75, 3.05) is 17.9 Å². The highest BCUT2D eigenvalue weighted by Gasteiger charge is 2.21. The number of anilines is 1. The predicted molar refractivity (Wildman–Crippen MR) is 72.9 cm³/mol. The van der Waals surface area contributed by atoms with Crippen LogP contribution in [0.1, 0.15) is 18.9 Å². The average Bonchev–Trinajstić information content (AvgIpc) is 2.33. The Labute approximate surface area is 108 Å². The summed E-state index contributed by atoms with van der Waals surface area (Å²) in [6, 6.07) is 6.95. The molecule has 0 spiro atoms. The van der Waals surface area contributed by atoms with E-state index in [4.69, 9.17) is 10.8 Å². The smallest absolute Gasteiger partial charge is 0.236 e. The molecule has 1 rings (SSSR count). The fraction of sp³-hybridized carbons (Fsp3) is 0.500. The Morgan fingerprint density at radius 1 is 1.33 bits per heavy atom. The van der Waals surface area contributed by atoms with Crippen LogP contribution in [0, 0.1) is 0 Å². The van der Waals surface area contributed by atoms with Crippen LogP contribution in [-0.4, -0.2) is 31.9 Å². The third kappa shape index (κ3) is 3.97. The molecule has 0 saturated heterocycles. The lowest BCUT2D eigenvalue weighted by Gasteiger charge is -2.15. The first-order chi connectivity index (χ1) is 8.53. The second-order valence-corrected chi connectivity index (χ2v) is 6.04. The summed E-state index contributed by atoms with van der Waals surface area (Å²) in [6.45, 7) is 1.98. The van der Waals surface area contributed by atoms with Gasteiger partial charge in [0.15, 0.2) is 0 Å². The quantitative estimate of drug-likeness (QED) is 0.681. The number of nitrogens with one attached hydrogen (secondary N) is 1. The zero-order valence-corrected chi connectivity index (χ0v) is 11.3. The van der Waals surface area contributed by atoms with Crippen molar-refractivity contribution in [3.63, 3.8) is 0 Å². The number of nitrogens with two attached hydrogens (primary N) is 1. The van der Waals surface area contributed by atoms with E-state index in [1.807, 2.05) is 0 Å². The van der Waals surface area contributed by atoms with Crippen LogP contribution in [0.3, 0.4) is 0 Å². The number of rotatable bonds is 7. The maximum Gasteiger partial charge on any atom is 0.236 e. The lowest BCUT2D eigenvalue weighted by molar-refractivity contribution is 0.299. The van der Waals surface area contributed by atoms with Gasteiger partial charge in [0.05, 0.1) is 5.25 Å². The summed E-state index contributed by atoms with van der Waals surface area (Å²) in [4.78, 5) is 0. The van der Waals surface area contributed by atoms with E-state index in [9.17, 15) is 8.42 Å². The second-order valence-electron chi connectivity index (χ2n) is 4.08. The Balaban J connectivity index is 2.78. The molecule has 1 unspecified atom stereocenters. The van der Waals surface area contributed by atoms with Crippen molar-refractivity contribution in [1.82, 2.24) is 0 Å². The minimum Gasteiger partial charge on any atom is -0.396 e. The van der Waals surface area contributed by atoms with Crippen molar-refractivity contribution < 1.29 is 13.5 Å². The summed E-state index contributed by atoms with van der Waals surface area (Å²) >= 11 is 0. The number of aliphatic hydroxyl groups is 1. The monoisotopic (exact) mass is 272 g/mol. The number of benzene rings is 1. The van der Waals surface area contributed by atoms with Gasteiger partial charge in [-0.3, -0.25) is 4.72 Å². The van der Waals surface area contributed by atoms with Crippen LogP contribution >= 0.6 is 0 Å². The number of aliphatic hydroxyl groups excluding tert-OH is 1. The molecule has 6 heteroatoms. The van der Waals surface area contributed by atoms with Crippen LogP contribution in [0.5, 0.6) is 0 Å². The molecule has 5 nitrogen and oxygen atoms in total. The van der Waals surface area contributed by atoms with Gasteiger partial charge in [-0.1, -0.05) is 19.1 Å². The SMILES string of the molecule is CCC(CN)S(=O)(=O)Nc1ccc(CCO)cc1. The lowest BCUT2D eigenvalue weighted by Crippen LogP contribution is -2.33. The summed E-state index contributed by atoms with van der Waals surface area (Å²) in [5.74, 6) is 0. The van der Waals surface area contributed by atoms with Crippen LogP contribution in [0.15, 0.2) is 24.3 Å². The maximum absolute atomic E-state index is 11.9. The molecular weight excluding hydrogens is 252 g/mol. The molecule has 0 amide bonds. The van der Waals surface area contributed by atoms with E-state index >= 15 is 0 Å². The molecule has 1 atom stereocenters. The van der Waals surface area contributed by atoms with Gasteiger partial charge >= 0.3 is 0 Å². The van der Waals surface area contributed by atoms with E-state index in [-0.39, 0.29) is 13.2 Å². The largest absolute Gasteiger partial charge is 0.396 e. The summed E-state index contributed by atoms with van der Waals surface area (Å²) in [6.07, 6.45) is 1.04. The lowest BCUT2D eigenvalue weighted by atomic mass is 10.1. The van der Waals surface area contributed by atoms with Gasteiger partial charge < -0.3 is 10.8 Å². The second kappa shape index (κ2) is 6.72. The normalized spacial score (nSPS) is 13.3. The molecule has 0 aliphatic rings. The molecule has 0 fully saturated rings. The van der Waals surface area contributed by atoms with Gasteiger partial charge in [0.1, 0.15) is 0 Å². The number of hydrogen-bond acceptors (Lipinski definition) is 4. The van der Waals surface area contributed by atoms with Gasteiger partial charge in [-0.25, -0.2) is 8.42 Å². The summed E-state index contributed by atoms with van der Waals surface area (Å²) in [5.41, 5.74) is 6.92. The molecule has 0 radical (unpaired) electrons. The van der Waals surface area contributed by atoms with Crippen molar-refractivity contribution in [3.8, 4) is 0 Å². The van der Waals surface area contributed by atoms with Crippen LogP contribution < -0.4 is 10.5 Å². The Hall–Kier alpha value is -1.11. The first kappa shape index (κ1) is 14.9. The van der Waals surface area contributed by atoms with Crippen LogP contribution in [0.4, 0.5) is 5.69 Å². The van der Waals surface area contributed by atoms with Crippen molar-refractivity contribution in [3.05, 3.63) is 29.8 Å². The fourth-order valence-electron chi connectivity index (χ4n) is 1.63. The molecule has 0 aliphatic carbocycles. The highest BCUT2D eigenvalue weighted by atomic mass is 32.2. The molecule has 18 heavy (non-hydrogen) atoms.